The zero-order valence-corrected chi connectivity index (χ0v) is 9.49. The molecule has 0 aliphatic carbocycles. The zero-order valence-electron chi connectivity index (χ0n) is 9.49. The number of hydrogen-bond acceptors (Lipinski definition) is 2. The quantitative estimate of drug-likeness (QED) is 0.708. The van der Waals surface area contributed by atoms with Crippen molar-refractivity contribution in [2.75, 3.05) is 18.7 Å². The van der Waals surface area contributed by atoms with Crippen LogP contribution in [0.2, 0.25) is 0 Å². The minimum Gasteiger partial charge on any atom is -0.364 e. The summed E-state index contributed by atoms with van der Waals surface area (Å²) in [6.07, 6.45) is 0.906. The molecule has 0 aromatic heterocycles. The van der Waals surface area contributed by atoms with Gasteiger partial charge in [0, 0.05) is 19.7 Å². The first kappa shape index (κ1) is 11.7. The predicted molar refractivity (Wildman–Crippen MR) is 60.9 cm³/mol. The van der Waals surface area contributed by atoms with Crippen molar-refractivity contribution < 1.29 is 9.53 Å². The van der Waals surface area contributed by atoms with Crippen LogP contribution in [0, 0.1) is 0 Å². The molecule has 0 atom stereocenters. The maximum atomic E-state index is 11.4. The minimum atomic E-state index is -0.00208. The van der Waals surface area contributed by atoms with E-state index in [1.165, 1.54) is 0 Å². The summed E-state index contributed by atoms with van der Waals surface area (Å²) in [7, 11) is 1.59. The third-order valence-corrected chi connectivity index (χ3v) is 2.30. The molecule has 0 aliphatic rings. The highest BCUT2D eigenvalue weighted by Crippen LogP contribution is 2.20. The maximum Gasteiger partial charge on any atom is 0.225 e. The number of hydrogen-bond donors (Lipinski definition) is 0. The van der Waals surface area contributed by atoms with E-state index < -0.39 is 0 Å². The average molecular weight is 207 g/mol. The smallest absolute Gasteiger partial charge is 0.225 e. The standard InChI is InChI=1S/C12H17NO2/c1-4-11-7-5-6-8-12(11)13(9-15-3)10(2)14/h5-8H,4,9H2,1-3H3. The summed E-state index contributed by atoms with van der Waals surface area (Å²) < 4.78 is 5.02. The number of methoxy groups -OCH3 is 1. The highest BCUT2D eigenvalue weighted by molar-refractivity contribution is 5.92. The van der Waals surface area contributed by atoms with Gasteiger partial charge in [0.15, 0.2) is 0 Å². The number of carbonyl (C=O) groups excluding carboxylic acids is 1. The second-order valence-corrected chi connectivity index (χ2v) is 3.35. The molecule has 0 fully saturated rings. The molecule has 1 amide bonds. The number of amides is 1. The normalized spacial score (nSPS) is 10.1. The molecule has 0 bridgehead atoms. The number of para-hydroxylation sites is 1. The Labute approximate surface area is 90.7 Å². The van der Waals surface area contributed by atoms with E-state index in [4.69, 9.17) is 4.74 Å². The number of carbonyl (C=O) groups is 1. The van der Waals surface area contributed by atoms with E-state index in [-0.39, 0.29) is 5.91 Å². The highest BCUT2D eigenvalue weighted by Gasteiger charge is 2.13. The van der Waals surface area contributed by atoms with Gasteiger partial charge >= 0.3 is 0 Å². The molecule has 0 N–H and O–H groups in total. The summed E-state index contributed by atoms with van der Waals surface area (Å²) >= 11 is 0. The van der Waals surface area contributed by atoms with Crippen LogP contribution in [0.15, 0.2) is 24.3 Å². The Bertz CT molecular complexity index is 336. The molecule has 1 aromatic carbocycles. The van der Waals surface area contributed by atoms with Gasteiger partial charge in [-0.15, -0.1) is 0 Å². The van der Waals surface area contributed by atoms with Gasteiger partial charge in [-0.05, 0) is 18.1 Å². The van der Waals surface area contributed by atoms with Crippen molar-refractivity contribution in [3.8, 4) is 0 Å². The fourth-order valence-electron chi connectivity index (χ4n) is 1.53. The number of ether oxygens (including phenoxy) is 1. The summed E-state index contributed by atoms with van der Waals surface area (Å²) in [5, 5.41) is 0. The molecule has 0 unspecified atom stereocenters. The molecule has 0 saturated carbocycles. The Balaban J connectivity index is 3.04. The van der Waals surface area contributed by atoms with Gasteiger partial charge in [-0.25, -0.2) is 0 Å². The van der Waals surface area contributed by atoms with Crippen LogP contribution in [-0.4, -0.2) is 19.7 Å². The molecule has 3 nitrogen and oxygen atoms in total. The van der Waals surface area contributed by atoms with Crippen LogP contribution < -0.4 is 4.90 Å². The van der Waals surface area contributed by atoms with E-state index in [0.717, 1.165) is 17.7 Å². The van der Waals surface area contributed by atoms with Crippen molar-refractivity contribution in [2.24, 2.45) is 0 Å². The van der Waals surface area contributed by atoms with Gasteiger partial charge < -0.3 is 4.74 Å². The maximum absolute atomic E-state index is 11.4. The fraction of sp³-hybridized carbons (Fsp3) is 0.417. The van der Waals surface area contributed by atoms with E-state index in [2.05, 4.69) is 6.92 Å². The first-order valence-electron chi connectivity index (χ1n) is 5.05. The third-order valence-electron chi connectivity index (χ3n) is 2.30. The van der Waals surface area contributed by atoms with Crippen molar-refractivity contribution in [3.63, 3.8) is 0 Å². The Morgan fingerprint density at radius 3 is 2.60 bits per heavy atom. The molecule has 3 heteroatoms. The average Bonchev–Trinajstić information content (AvgIpc) is 2.25. The zero-order chi connectivity index (χ0) is 11.3. The number of aryl methyl sites for hydroxylation is 1. The molecule has 0 spiro atoms. The van der Waals surface area contributed by atoms with Crippen LogP contribution in [0.3, 0.4) is 0 Å². The van der Waals surface area contributed by atoms with Gasteiger partial charge in [0.2, 0.25) is 5.91 Å². The fourth-order valence-corrected chi connectivity index (χ4v) is 1.53. The lowest BCUT2D eigenvalue weighted by molar-refractivity contribution is -0.117. The van der Waals surface area contributed by atoms with E-state index in [1.54, 1.807) is 18.9 Å². The third kappa shape index (κ3) is 2.80. The highest BCUT2D eigenvalue weighted by atomic mass is 16.5. The molecule has 1 rings (SSSR count). The Kier molecular flexibility index (Phi) is 4.31. The first-order valence-corrected chi connectivity index (χ1v) is 5.05. The molecule has 82 valence electrons. The molecule has 0 aliphatic heterocycles. The Hall–Kier alpha value is -1.35. The Morgan fingerprint density at radius 1 is 1.40 bits per heavy atom. The molecule has 0 saturated heterocycles. The molecular weight excluding hydrogens is 190 g/mol. The van der Waals surface area contributed by atoms with Crippen LogP contribution in [0.4, 0.5) is 5.69 Å². The summed E-state index contributed by atoms with van der Waals surface area (Å²) in [6, 6.07) is 7.88. The van der Waals surface area contributed by atoms with Gasteiger partial charge in [0.05, 0.1) is 0 Å². The van der Waals surface area contributed by atoms with Gasteiger partial charge in [0.25, 0.3) is 0 Å². The monoisotopic (exact) mass is 207 g/mol. The summed E-state index contributed by atoms with van der Waals surface area (Å²) in [6.45, 7) is 3.92. The van der Waals surface area contributed by atoms with Crippen molar-refractivity contribution in [2.45, 2.75) is 20.3 Å². The molecule has 0 heterocycles. The lowest BCUT2D eigenvalue weighted by Crippen LogP contribution is -2.31. The molecule has 0 radical (unpaired) electrons. The Morgan fingerprint density at radius 2 is 2.07 bits per heavy atom. The van der Waals surface area contributed by atoms with Crippen LogP contribution >= 0.6 is 0 Å². The van der Waals surface area contributed by atoms with Gasteiger partial charge in [-0.1, -0.05) is 25.1 Å². The summed E-state index contributed by atoms with van der Waals surface area (Å²) in [5.41, 5.74) is 2.10. The molecule has 1 aromatic rings. The number of rotatable bonds is 4. The van der Waals surface area contributed by atoms with E-state index in [9.17, 15) is 4.79 Å². The van der Waals surface area contributed by atoms with Gasteiger partial charge in [-0.2, -0.15) is 0 Å². The van der Waals surface area contributed by atoms with Crippen LogP contribution in [0.5, 0.6) is 0 Å². The lowest BCUT2D eigenvalue weighted by Gasteiger charge is -2.22. The second kappa shape index (κ2) is 5.51. The summed E-state index contributed by atoms with van der Waals surface area (Å²) in [5.74, 6) is -0.00208. The van der Waals surface area contributed by atoms with Crippen LogP contribution in [0.1, 0.15) is 19.4 Å². The number of anilines is 1. The van der Waals surface area contributed by atoms with Crippen molar-refractivity contribution in [1.82, 2.24) is 0 Å². The van der Waals surface area contributed by atoms with Crippen molar-refractivity contribution in [3.05, 3.63) is 29.8 Å². The number of nitrogens with zero attached hydrogens (tertiary/aromatic N) is 1. The van der Waals surface area contributed by atoms with Crippen molar-refractivity contribution in [1.29, 1.82) is 0 Å². The SMILES string of the molecule is CCc1ccccc1N(COC)C(C)=O. The number of benzene rings is 1. The largest absolute Gasteiger partial charge is 0.364 e. The minimum absolute atomic E-state index is 0.00208. The van der Waals surface area contributed by atoms with Gasteiger partial charge in [-0.3, -0.25) is 9.69 Å². The van der Waals surface area contributed by atoms with E-state index >= 15 is 0 Å². The van der Waals surface area contributed by atoms with Gasteiger partial charge in [0.1, 0.15) is 6.73 Å². The molecular formula is C12H17NO2. The molecule has 15 heavy (non-hydrogen) atoms. The lowest BCUT2D eigenvalue weighted by atomic mass is 10.1. The first-order chi connectivity index (χ1) is 7.20. The second-order valence-electron chi connectivity index (χ2n) is 3.35. The van der Waals surface area contributed by atoms with Crippen LogP contribution in [0.25, 0.3) is 0 Å². The van der Waals surface area contributed by atoms with Crippen LogP contribution in [-0.2, 0) is 16.0 Å². The summed E-state index contributed by atoms with van der Waals surface area (Å²) in [4.78, 5) is 13.1. The van der Waals surface area contributed by atoms with Crippen molar-refractivity contribution >= 4 is 11.6 Å². The topological polar surface area (TPSA) is 29.5 Å². The van der Waals surface area contributed by atoms with E-state index in [0.29, 0.717) is 6.73 Å². The predicted octanol–water partition coefficient (Wildman–Crippen LogP) is 2.21. The van der Waals surface area contributed by atoms with E-state index in [1.807, 2.05) is 24.3 Å².